The fourth-order valence-corrected chi connectivity index (χ4v) is 3.24. The Hall–Kier alpha value is -2.03. The van der Waals surface area contributed by atoms with Gasteiger partial charge in [0.25, 0.3) is 0 Å². The number of hydrogen-bond donors (Lipinski definition) is 0. The molecule has 2 unspecified atom stereocenters. The predicted octanol–water partition coefficient (Wildman–Crippen LogP) is 3.96. The minimum absolute atomic E-state index is 0.175. The van der Waals surface area contributed by atoms with E-state index in [-0.39, 0.29) is 5.92 Å². The zero-order chi connectivity index (χ0) is 16.2. The molecule has 23 heavy (non-hydrogen) atoms. The molecule has 1 aliphatic rings. The third-order valence-electron chi connectivity index (χ3n) is 4.83. The standard InChI is InChI=1S/C20H26N2O/c1-3-4-13-22(15-17-11-8-12-21(17)2)20(23)19-14-18(19)16-9-6-5-7-10-16/h5-12,18-19H,3-4,13-15H2,1-2H3. The molecule has 1 fully saturated rings. The second-order valence-electron chi connectivity index (χ2n) is 6.58. The van der Waals surface area contributed by atoms with Gasteiger partial charge in [-0.2, -0.15) is 0 Å². The lowest BCUT2D eigenvalue weighted by molar-refractivity contribution is -0.133. The fraction of sp³-hybridized carbons (Fsp3) is 0.450. The van der Waals surface area contributed by atoms with Gasteiger partial charge in [0.15, 0.2) is 0 Å². The number of carbonyl (C=O) groups excluding carboxylic acids is 1. The fourth-order valence-electron chi connectivity index (χ4n) is 3.24. The number of nitrogens with zero attached hydrogens (tertiary/aromatic N) is 2. The number of aromatic nitrogens is 1. The van der Waals surface area contributed by atoms with E-state index in [0.717, 1.165) is 32.4 Å². The predicted molar refractivity (Wildman–Crippen MR) is 93.0 cm³/mol. The van der Waals surface area contributed by atoms with Gasteiger partial charge in [-0.15, -0.1) is 0 Å². The van der Waals surface area contributed by atoms with Crippen LogP contribution in [0.25, 0.3) is 0 Å². The number of aryl methyl sites for hydroxylation is 1. The topological polar surface area (TPSA) is 25.2 Å². The average Bonchev–Trinajstić information content (AvgIpc) is 3.28. The van der Waals surface area contributed by atoms with Gasteiger partial charge in [0.1, 0.15) is 0 Å². The van der Waals surface area contributed by atoms with E-state index in [1.54, 1.807) is 0 Å². The van der Waals surface area contributed by atoms with Gasteiger partial charge in [0.05, 0.1) is 6.54 Å². The molecule has 1 aromatic carbocycles. The summed E-state index contributed by atoms with van der Waals surface area (Å²) in [6.07, 6.45) is 5.23. The molecule has 0 N–H and O–H groups in total. The molecule has 0 saturated heterocycles. The summed E-state index contributed by atoms with van der Waals surface area (Å²) in [5, 5.41) is 0. The Bertz CT molecular complexity index is 647. The average molecular weight is 310 g/mol. The zero-order valence-electron chi connectivity index (χ0n) is 14.1. The van der Waals surface area contributed by atoms with E-state index < -0.39 is 0 Å². The summed E-state index contributed by atoms with van der Waals surface area (Å²) in [7, 11) is 2.04. The molecule has 1 saturated carbocycles. The molecule has 0 bridgehead atoms. The Morgan fingerprint density at radius 1 is 1.22 bits per heavy atom. The lowest BCUT2D eigenvalue weighted by atomic mass is 10.1. The highest BCUT2D eigenvalue weighted by molar-refractivity contribution is 5.83. The molecule has 122 valence electrons. The molecule has 1 aliphatic carbocycles. The summed E-state index contributed by atoms with van der Waals surface area (Å²) in [6.45, 7) is 3.76. The number of carbonyl (C=O) groups is 1. The SMILES string of the molecule is CCCCN(Cc1cccn1C)C(=O)C1CC1c1ccccc1. The normalized spacial score (nSPS) is 19.6. The molecule has 0 radical (unpaired) electrons. The zero-order valence-corrected chi connectivity index (χ0v) is 14.1. The van der Waals surface area contributed by atoms with E-state index in [9.17, 15) is 4.79 Å². The number of amides is 1. The molecule has 3 nitrogen and oxygen atoms in total. The maximum atomic E-state index is 12.9. The molecule has 3 heteroatoms. The molecule has 2 atom stereocenters. The van der Waals surface area contributed by atoms with Crippen LogP contribution in [-0.4, -0.2) is 21.9 Å². The van der Waals surface area contributed by atoms with Gasteiger partial charge in [-0.1, -0.05) is 43.7 Å². The van der Waals surface area contributed by atoms with Gasteiger partial charge < -0.3 is 9.47 Å². The van der Waals surface area contributed by atoms with Crippen molar-refractivity contribution in [2.45, 2.75) is 38.6 Å². The van der Waals surface area contributed by atoms with E-state index >= 15 is 0 Å². The van der Waals surface area contributed by atoms with Gasteiger partial charge in [-0.05, 0) is 36.5 Å². The Balaban J connectivity index is 1.67. The first kappa shape index (κ1) is 15.9. The van der Waals surface area contributed by atoms with Gasteiger partial charge in [-0.3, -0.25) is 4.79 Å². The summed E-state index contributed by atoms with van der Waals surface area (Å²) in [5.74, 6) is 0.921. The van der Waals surface area contributed by atoms with Crippen molar-refractivity contribution in [2.75, 3.05) is 6.54 Å². The van der Waals surface area contributed by atoms with Crippen molar-refractivity contribution in [3.05, 3.63) is 59.9 Å². The molecule has 0 spiro atoms. The second-order valence-corrected chi connectivity index (χ2v) is 6.58. The van der Waals surface area contributed by atoms with Crippen LogP contribution < -0.4 is 0 Å². The van der Waals surface area contributed by atoms with Crippen LogP contribution in [0.5, 0.6) is 0 Å². The summed E-state index contributed by atoms with van der Waals surface area (Å²) in [5.41, 5.74) is 2.51. The first-order valence-electron chi connectivity index (χ1n) is 8.64. The van der Waals surface area contributed by atoms with Crippen LogP contribution in [0.15, 0.2) is 48.7 Å². The van der Waals surface area contributed by atoms with Gasteiger partial charge in [0, 0.05) is 31.4 Å². The van der Waals surface area contributed by atoms with Crippen molar-refractivity contribution in [1.29, 1.82) is 0 Å². The molecule has 1 heterocycles. The van der Waals surface area contributed by atoms with Crippen molar-refractivity contribution >= 4 is 5.91 Å². The molecular formula is C20H26N2O. The smallest absolute Gasteiger partial charge is 0.226 e. The number of hydrogen-bond acceptors (Lipinski definition) is 1. The number of rotatable bonds is 7. The minimum Gasteiger partial charge on any atom is -0.353 e. The quantitative estimate of drug-likeness (QED) is 0.760. The third-order valence-corrected chi connectivity index (χ3v) is 4.83. The van der Waals surface area contributed by atoms with Crippen molar-refractivity contribution < 1.29 is 4.79 Å². The lowest BCUT2D eigenvalue weighted by Crippen LogP contribution is -2.33. The lowest BCUT2D eigenvalue weighted by Gasteiger charge is -2.23. The molecule has 2 aromatic rings. The summed E-state index contributed by atoms with van der Waals surface area (Å²) >= 11 is 0. The Morgan fingerprint density at radius 3 is 2.65 bits per heavy atom. The Morgan fingerprint density at radius 2 is 2.00 bits per heavy atom. The highest BCUT2D eigenvalue weighted by Gasteiger charge is 2.45. The van der Waals surface area contributed by atoms with Gasteiger partial charge >= 0.3 is 0 Å². The van der Waals surface area contributed by atoms with Crippen LogP contribution in [0.2, 0.25) is 0 Å². The monoisotopic (exact) mass is 310 g/mol. The molecular weight excluding hydrogens is 284 g/mol. The van der Waals surface area contributed by atoms with Crippen LogP contribution in [-0.2, 0) is 18.4 Å². The summed E-state index contributed by atoms with van der Waals surface area (Å²) < 4.78 is 2.10. The van der Waals surface area contributed by atoms with E-state index in [4.69, 9.17) is 0 Å². The first-order chi connectivity index (χ1) is 11.2. The van der Waals surface area contributed by atoms with E-state index in [0.29, 0.717) is 11.8 Å². The maximum Gasteiger partial charge on any atom is 0.226 e. The highest BCUT2D eigenvalue weighted by Crippen LogP contribution is 2.48. The first-order valence-corrected chi connectivity index (χ1v) is 8.64. The van der Waals surface area contributed by atoms with Crippen LogP contribution in [0.3, 0.4) is 0 Å². The van der Waals surface area contributed by atoms with Gasteiger partial charge in [0.2, 0.25) is 5.91 Å². The number of benzene rings is 1. The van der Waals surface area contributed by atoms with Crippen LogP contribution >= 0.6 is 0 Å². The van der Waals surface area contributed by atoms with Crippen molar-refractivity contribution in [3.63, 3.8) is 0 Å². The molecule has 1 amide bonds. The van der Waals surface area contributed by atoms with Crippen LogP contribution in [0.4, 0.5) is 0 Å². The van der Waals surface area contributed by atoms with E-state index in [1.807, 2.05) is 25.4 Å². The molecule has 1 aromatic heterocycles. The maximum absolute atomic E-state index is 12.9. The number of unbranched alkanes of at least 4 members (excludes halogenated alkanes) is 1. The Kier molecular flexibility index (Phi) is 4.85. The van der Waals surface area contributed by atoms with Crippen molar-refractivity contribution in [2.24, 2.45) is 13.0 Å². The largest absolute Gasteiger partial charge is 0.353 e. The van der Waals surface area contributed by atoms with Crippen molar-refractivity contribution in [3.8, 4) is 0 Å². The Labute approximate surface area is 138 Å². The van der Waals surface area contributed by atoms with Crippen LogP contribution in [0, 0.1) is 5.92 Å². The van der Waals surface area contributed by atoms with Crippen molar-refractivity contribution in [1.82, 2.24) is 9.47 Å². The third kappa shape index (κ3) is 3.66. The summed E-state index contributed by atoms with van der Waals surface area (Å²) in [6, 6.07) is 14.6. The minimum atomic E-state index is 0.175. The van der Waals surface area contributed by atoms with Gasteiger partial charge in [-0.25, -0.2) is 0 Å². The molecule has 3 rings (SSSR count). The summed E-state index contributed by atoms with van der Waals surface area (Å²) in [4.78, 5) is 15.0. The van der Waals surface area contributed by atoms with E-state index in [1.165, 1.54) is 11.3 Å². The van der Waals surface area contributed by atoms with E-state index in [2.05, 4.69) is 46.7 Å². The second kappa shape index (κ2) is 7.03. The highest BCUT2D eigenvalue weighted by atomic mass is 16.2. The van der Waals surface area contributed by atoms with Crippen LogP contribution in [0.1, 0.15) is 43.4 Å². The molecule has 0 aliphatic heterocycles.